The molecule has 0 unspecified atom stereocenters. The van der Waals surface area contributed by atoms with Gasteiger partial charge in [0.25, 0.3) is 0 Å². The number of rotatable bonds is 7. The van der Waals surface area contributed by atoms with Crippen molar-refractivity contribution in [2.45, 2.75) is 66.0 Å². The van der Waals surface area contributed by atoms with Crippen LogP contribution in [0.3, 0.4) is 0 Å². The van der Waals surface area contributed by atoms with Gasteiger partial charge < -0.3 is 14.8 Å². The number of fused-ring (bicyclic) bond motifs is 1. The monoisotopic (exact) mass is 574 g/mol. The van der Waals surface area contributed by atoms with Crippen molar-refractivity contribution in [1.82, 2.24) is 34.3 Å². The highest BCUT2D eigenvalue weighted by molar-refractivity contribution is 5.83. The molecule has 1 spiro atoms. The van der Waals surface area contributed by atoms with Gasteiger partial charge in [0, 0.05) is 30.4 Å². The van der Waals surface area contributed by atoms with E-state index in [-0.39, 0.29) is 29.2 Å². The highest BCUT2D eigenvalue weighted by Gasteiger charge is 2.41. The molecule has 0 radical (unpaired) electrons. The average Bonchev–Trinajstić information content (AvgIpc) is 3.55. The fourth-order valence-electron chi connectivity index (χ4n) is 6.79. The lowest BCUT2D eigenvalue weighted by Crippen LogP contribution is -2.41. The predicted octanol–water partition coefficient (Wildman–Crippen LogP) is 6.67. The number of anilines is 2. The van der Waals surface area contributed by atoms with Gasteiger partial charge in [-0.2, -0.15) is 0 Å². The third-order valence-corrected chi connectivity index (χ3v) is 9.35. The molecular weight excluding hydrogens is 534 g/mol. The van der Waals surface area contributed by atoms with Gasteiger partial charge in [-0.05, 0) is 102 Å². The Kier molecular flexibility index (Phi) is 7.70. The molecular formula is C32H40F2N8. The molecule has 0 amide bonds. The number of pyridine rings is 1. The molecule has 1 atom stereocenters. The maximum absolute atomic E-state index is 15.0. The Morgan fingerprint density at radius 1 is 0.952 bits per heavy atom. The molecule has 2 aliphatic heterocycles. The maximum Gasteiger partial charge on any atom is 0.229 e. The molecule has 5 heterocycles. The maximum atomic E-state index is 15.0. The molecule has 8 nitrogen and oxygen atoms in total. The number of hydrogen-bond donors (Lipinski definition) is 1. The van der Waals surface area contributed by atoms with Gasteiger partial charge in [0.05, 0.1) is 11.7 Å². The Balaban J connectivity index is 1.17. The zero-order chi connectivity index (χ0) is 29.6. The third-order valence-electron chi connectivity index (χ3n) is 9.35. The van der Waals surface area contributed by atoms with E-state index in [1.165, 1.54) is 38.4 Å². The predicted molar refractivity (Wildman–Crippen MR) is 162 cm³/mol. The molecule has 0 saturated carbocycles. The lowest BCUT2D eigenvalue weighted by atomic mass is 9.78. The molecule has 2 fully saturated rings. The Hall–Kier alpha value is -3.50. The summed E-state index contributed by atoms with van der Waals surface area (Å²) in [5.74, 6) is 0.302. The van der Waals surface area contributed by atoms with Crippen molar-refractivity contribution in [2.24, 2.45) is 5.41 Å². The van der Waals surface area contributed by atoms with E-state index >= 15 is 4.39 Å². The summed E-state index contributed by atoms with van der Waals surface area (Å²) in [7, 11) is 0. The average molecular weight is 575 g/mol. The molecule has 2 aliphatic rings. The number of imidazole rings is 1. The van der Waals surface area contributed by atoms with Crippen LogP contribution in [0.1, 0.15) is 70.4 Å². The number of aryl methyl sites for hydroxylation is 1. The van der Waals surface area contributed by atoms with Crippen LogP contribution >= 0.6 is 0 Å². The summed E-state index contributed by atoms with van der Waals surface area (Å²) in [6.07, 6.45) is 6.82. The number of nitrogens with one attached hydrogen (secondary N) is 1. The van der Waals surface area contributed by atoms with E-state index in [4.69, 9.17) is 0 Å². The summed E-state index contributed by atoms with van der Waals surface area (Å²) < 4.78 is 31.9. The molecule has 3 aromatic heterocycles. The molecule has 0 bridgehead atoms. The highest BCUT2D eigenvalue weighted by Crippen LogP contribution is 2.43. The van der Waals surface area contributed by atoms with E-state index in [2.05, 4.69) is 55.0 Å². The first-order chi connectivity index (χ1) is 20.2. The van der Waals surface area contributed by atoms with Crippen molar-refractivity contribution >= 4 is 22.8 Å². The number of hydrogen-bond acceptors (Lipinski definition) is 7. The topological polar surface area (TPSA) is 75.0 Å². The van der Waals surface area contributed by atoms with Crippen molar-refractivity contribution in [2.75, 3.05) is 38.0 Å². The van der Waals surface area contributed by atoms with E-state index in [1.807, 2.05) is 37.6 Å². The van der Waals surface area contributed by atoms with E-state index in [0.717, 1.165) is 31.4 Å². The summed E-state index contributed by atoms with van der Waals surface area (Å²) in [5, 5.41) is 3.09. The Morgan fingerprint density at radius 2 is 1.71 bits per heavy atom. The van der Waals surface area contributed by atoms with Crippen molar-refractivity contribution in [3.05, 3.63) is 59.7 Å². The molecule has 222 valence electrons. The van der Waals surface area contributed by atoms with Gasteiger partial charge in [-0.3, -0.25) is 4.90 Å². The minimum atomic E-state index is -0.632. The molecule has 10 heteroatoms. The van der Waals surface area contributed by atoms with Gasteiger partial charge >= 0.3 is 0 Å². The first-order valence-corrected chi connectivity index (χ1v) is 15.1. The quantitative estimate of drug-likeness (QED) is 0.264. The standard InChI is InChI=1S/C32H40F2N8/c1-6-40-12-9-32(10-13-40)11-14-41(19-32)21(4)23-7-8-28(35-17-23)38-31-36-18-26(34)29(39-31)24-15-25(33)30-27(16-24)42(20(2)3)22(5)37-30/h7-8,15-18,20-21H,6,9-14,19H2,1-5H3,(H,35,36,38,39)/t21-/m0/s1. The smallest absolute Gasteiger partial charge is 0.229 e. The molecule has 42 heavy (non-hydrogen) atoms. The second-order valence-corrected chi connectivity index (χ2v) is 12.3. The fourth-order valence-corrected chi connectivity index (χ4v) is 6.79. The summed E-state index contributed by atoms with van der Waals surface area (Å²) in [6, 6.07) is 7.33. The van der Waals surface area contributed by atoms with Crippen LogP contribution in [0.2, 0.25) is 0 Å². The van der Waals surface area contributed by atoms with Crippen molar-refractivity contribution in [1.29, 1.82) is 0 Å². The van der Waals surface area contributed by atoms with Gasteiger partial charge in [-0.25, -0.2) is 28.7 Å². The number of nitrogens with zero attached hydrogens (tertiary/aromatic N) is 7. The van der Waals surface area contributed by atoms with E-state index < -0.39 is 11.6 Å². The lowest BCUT2D eigenvalue weighted by Gasteiger charge is -2.39. The zero-order valence-corrected chi connectivity index (χ0v) is 25.2. The van der Waals surface area contributed by atoms with Crippen molar-refractivity contribution in [3.8, 4) is 11.3 Å². The Bertz CT molecular complexity index is 1570. The van der Waals surface area contributed by atoms with Gasteiger partial charge in [0.15, 0.2) is 11.6 Å². The SMILES string of the molecule is CCN1CCC2(CC1)CCN([C@@H](C)c1ccc(Nc3ncc(F)c(-c4cc(F)c5nc(C)n(C(C)C)c5c4)n3)nc1)C2. The number of aromatic nitrogens is 5. The number of halogens is 2. The first-order valence-electron chi connectivity index (χ1n) is 15.1. The molecule has 1 N–H and O–H groups in total. The van der Waals surface area contributed by atoms with E-state index in [9.17, 15) is 4.39 Å². The highest BCUT2D eigenvalue weighted by atomic mass is 19.1. The normalized spacial score (nSPS) is 18.4. The molecule has 4 aromatic rings. The number of piperidine rings is 1. The van der Waals surface area contributed by atoms with Gasteiger partial charge in [0.2, 0.25) is 5.95 Å². The third kappa shape index (κ3) is 5.38. The fraction of sp³-hybridized carbons (Fsp3) is 0.500. The van der Waals surface area contributed by atoms with Crippen LogP contribution in [0.5, 0.6) is 0 Å². The van der Waals surface area contributed by atoms with Crippen molar-refractivity contribution < 1.29 is 8.78 Å². The number of likely N-dealkylation sites (tertiary alicyclic amines) is 2. The minimum absolute atomic E-state index is 0.0143. The van der Waals surface area contributed by atoms with E-state index in [1.54, 1.807) is 6.07 Å². The van der Waals surface area contributed by atoms with Crippen LogP contribution in [-0.4, -0.2) is 67.0 Å². The van der Waals surface area contributed by atoms with Gasteiger partial charge in [0.1, 0.15) is 22.9 Å². The second-order valence-electron chi connectivity index (χ2n) is 12.3. The molecule has 1 aromatic carbocycles. The molecule has 2 saturated heterocycles. The largest absolute Gasteiger partial charge is 0.326 e. The van der Waals surface area contributed by atoms with Crippen LogP contribution in [0, 0.1) is 24.0 Å². The number of benzene rings is 1. The van der Waals surface area contributed by atoms with Crippen LogP contribution in [0.4, 0.5) is 20.5 Å². The van der Waals surface area contributed by atoms with E-state index in [0.29, 0.717) is 28.1 Å². The Labute approximate surface area is 246 Å². The zero-order valence-electron chi connectivity index (χ0n) is 25.2. The summed E-state index contributed by atoms with van der Waals surface area (Å²) in [6.45, 7) is 16.2. The van der Waals surface area contributed by atoms with Crippen LogP contribution < -0.4 is 5.32 Å². The van der Waals surface area contributed by atoms with Crippen LogP contribution in [-0.2, 0) is 0 Å². The van der Waals surface area contributed by atoms with Crippen molar-refractivity contribution in [3.63, 3.8) is 0 Å². The summed E-state index contributed by atoms with van der Waals surface area (Å²) >= 11 is 0. The summed E-state index contributed by atoms with van der Waals surface area (Å²) in [4.78, 5) is 22.6. The minimum Gasteiger partial charge on any atom is -0.326 e. The van der Waals surface area contributed by atoms with Gasteiger partial charge in [-0.1, -0.05) is 13.0 Å². The second kappa shape index (κ2) is 11.3. The molecule has 0 aliphatic carbocycles. The first kappa shape index (κ1) is 28.6. The van der Waals surface area contributed by atoms with Crippen LogP contribution in [0.15, 0.2) is 36.7 Å². The lowest BCUT2D eigenvalue weighted by molar-refractivity contribution is 0.105. The van der Waals surface area contributed by atoms with Crippen LogP contribution in [0.25, 0.3) is 22.3 Å². The van der Waals surface area contributed by atoms with Gasteiger partial charge in [-0.15, -0.1) is 0 Å². The molecule has 6 rings (SSSR count). The Morgan fingerprint density at radius 3 is 2.40 bits per heavy atom. The summed E-state index contributed by atoms with van der Waals surface area (Å²) in [5.41, 5.74) is 2.82.